The van der Waals surface area contributed by atoms with E-state index in [0.29, 0.717) is 0 Å². The van der Waals surface area contributed by atoms with Gasteiger partial charge in [-0.3, -0.25) is 5.43 Å². The highest BCUT2D eigenvalue weighted by atomic mass is 32.2. The van der Waals surface area contributed by atoms with Crippen LogP contribution in [0.15, 0.2) is 35.4 Å². The van der Waals surface area contributed by atoms with Gasteiger partial charge in [0.2, 0.25) is 0 Å². The van der Waals surface area contributed by atoms with Gasteiger partial charge in [0.05, 0.1) is 0 Å². The summed E-state index contributed by atoms with van der Waals surface area (Å²) in [5, 5.41) is 5.45. The van der Waals surface area contributed by atoms with Gasteiger partial charge in [-0.1, -0.05) is 49.0 Å². The fraction of sp³-hybridized carbons (Fsp3) is 0.364. The van der Waals surface area contributed by atoms with Gasteiger partial charge in [-0.15, -0.1) is 0 Å². The first-order valence-corrected chi connectivity index (χ1v) is 5.64. The molecular formula is C11H14N2S. The number of nitrogens with zero attached hydrogens (tertiary/aromatic N) is 1. The molecule has 0 radical (unpaired) electrons. The SMILES string of the molecule is CC[C@@]1(C)NN=C(c2ccccc2)S1. The molecule has 0 saturated heterocycles. The minimum absolute atomic E-state index is 0.0746. The van der Waals surface area contributed by atoms with E-state index >= 15 is 0 Å². The second-order valence-corrected chi connectivity index (χ2v) is 5.07. The van der Waals surface area contributed by atoms with Crippen LogP contribution in [0.25, 0.3) is 0 Å². The topological polar surface area (TPSA) is 24.4 Å². The third-order valence-electron chi connectivity index (χ3n) is 2.41. The van der Waals surface area contributed by atoms with Crippen LogP contribution in [0.2, 0.25) is 0 Å². The van der Waals surface area contributed by atoms with Crippen molar-refractivity contribution in [2.75, 3.05) is 0 Å². The van der Waals surface area contributed by atoms with Gasteiger partial charge in [0.15, 0.2) is 0 Å². The average Bonchev–Trinajstić information content (AvgIpc) is 2.63. The molecule has 0 aliphatic carbocycles. The number of rotatable bonds is 2. The summed E-state index contributed by atoms with van der Waals surface area (Å²) in [7, 11) is 0. The molecule has 1 aromatic rings. The van der Waals surface area contributed by atoms with Crippen LogP contribution in [-0.2, 0) is 0 Å². The molecule has 1 N–H and O–H groups in total. The zero-order chi connectivity index (χ0) is 10.0. The molecule has 0 fully saturated rings. The Labute approximate surface area is 88.8 Å². The molecule has 0 aromatic heterocycles. The van der Waals surface area contributed by atoms with Crippen molar-refractivity contribution in [1.29, 1.82) is 0 Å². The Kier molecular flexibility index (Phi) is 2.50. The summed E-state index contributed by atoms with van der Waals surface area (Å²) < 4.78 is 0. The predicted molar refractivity (Wildman–Crippen MR) is 62.4 cm³/mol. The predicted octanol–water partition coefficient (Wildman–Crippen LogP) is 2.81. The van der Waals surface area contributed by atoms with E-state index in [0.717, 1.165) is 11.5 Å². The van der Waals surface area contributed by atoms with Crippen LogP contribution in [0.4, 0.5) is 0 Å². The van der Waals surface area contributed by atoms with Crippen LogP contribution in [0.3, 0.4) is 0 Å². The highest BCUT2D eigenvalue weighted by Crippen LogP contribution is 2.33. The molecule has 0 spiro atoms. The van der Waals surface area contributed by atoms with Crippen molar-refractivity contribution < 1.29 is 0 Å². The van der Waals surface area contributed by atoms with E-state index in [1.54, 1.807) is 11.8 Å². The van der Waals surface area contributed by atoms with E-state index in [4.69, 9.17) is 0 Å². The molecule has 1 aliphatic rings. The van der Waals surface area contributed by atoms with Crippen molar-refractivity contribution in [2.45, 2.75) is 25.1 Å². The van der Waals surface area contributed by atoms with Gasteiger partial charge in [0.25, 0.3) is 0 Å². The van der Waals surface area contributed by atoms with Gasteiger partial charge < -0.3 is 0 Å². The van der Waals surface area contributed by atoms with Crippen LogP contribution in [-0.4, -0.2) is 9.91 Å². The lowest BCUT2D eigenvalue weighted by Crippen LogP contribution is -2.30. The largest absolute Gasteiger partial charge is 0.293 e. The van der Waals surface area contributed by atoms with E-state index in [2.05, 4.69) is 36.5 Å². The number of nitrogens with one attached hydrogen (secondary N) is 1. The molecule has 74 valence electrons. The zero-order valence-electron chi connectivity index (χ0n) is 8.45. The van der Waals surface area contributed by atoms with Gasteiger partial charge in [-0.25, -0.2) is 0 Å². The summed E-state index contributed by atoms with van der Waals surface area (Å²) in [4.78, 5) is 0.0746. The van der Waals surface area contributed by atoms with Gasteiger partial charge in [-0.2, -0.15) is 5.10 Å². The Morgan fingerprint density at radius 2 is 2.07 bits per heavy atom. The third kappa shape index (κ3) is 1.77. The average molecular weight is 206 g/mol. The maximum Gasteiger partial charge on any atom is 0.126 e. The minimum atomic E-state index is 0.0746. The molecule has 1 aromatic carbocycles. The molecule has 1 atom stereocenters. The van der Waals surface area contributed by atoms with Gasteiger partial charge in [0, 0.05) is 5.56 Å². The first kappa shape index (κ1) is 9.59. The van der Waals surface area contributed by atoms with E-state index in [1.807, 2.05) is 18.2 Å². The molecule has 0 unspecified atom stereocenters. The lowest BCUT2D eigenvalue weighted by atomic mass is 10.2. The summed E-state index contributed by atoms with van der Waals surface area (Å²) in [5.41, 5.74) is 4.38. The summed E-state index contributed by atoms with van der Waals surface area (Å²) >= 11 is 1.80. The molecule has 0 saturated carbocycles. The molecule has 2 rings (SSSR count). The lowest BCUT2D eigenvalue weighted by Gasteiger charge is -2.19. The van der Waals surface area contributed by atoms with E-state index in [9.17, 15) is 0 Å². The Morgan fingerprint density at radius 3 is 2.64 bits per heavy atom. The smallest absolute Gasteiger partial charge is 0.126 e. The molecule has 1 heterocycles. The fourth-order valence-electron chi connectivity index (χ4n) is 1.28. The molecular weight excluding hydrogens is 192 g/mol. The Hall–Kier alpha value is -0.960. The quantitative estimate of drug-likeness (QED) is 0.804. The number of hydrogen-bond donors (Lipinski definition) is 1. The fourth-order valence-corrected chi connectivity index (χ4v) is 2.29. The van der Waals surface area contributed by atoms with Gasteiger partial charge >= 0.3 is 0 Å². The highest BCUT2D eigenvalue weighted by Gasteiger charge is 2.30. The summed E-state index contributed by atoms with van der Waals surface area (Å²) in [6, 6.07) is 10.3. The third-order valence-corrected chi connectivity index (χ3v) is 3.76. The monoisotopic (exact) mass is 206 g/mol. The van der Waals surface area contributed by atoms with E-state index in [-0.39, 0.29) is 4.87 Å². The second kappa shape index (κ2) is 3.65. The summed E-state index contributed by atoms with van der Waals surface area (Å²) in [6.07, 6.45) is 1.07. The van der Waals surface area contributed by atoms with Crippen LogP contribution in [0.1, 0.15) is 25.8 Å². The normalized spacial score (nSPS) is 25.7. The number of hydrazone groups is 1. The van der Waals surface area contributed by atoms with Crippen molar-refractivity contribution in [2.24, 2.45) is 5.10 Å². The standard InChI is InChI=1S/C11H14N2S/c1-3-11(2)13-12-10(14-11)9-7-5-4-6-8-9/h4-8,13H,3H2,1-2H3/t11-/m0/s1. The maximum absolute atomic E-state index is 4.36. The van der Waals surface area contributed by atoms with E-state index < -0.39 is 0 Å². The highest BCUT2D eigenvalue weighted by molar-refractivity contribution is 8.15. The van der Waals surface area contributed by atoms with Crippen LogP contribution in [0, 0.1) is 0 Å². The van der Waals surface area contributed by atoms with Crippen molar-refractivity contribution in [1.82, 2.24) is 5.43 Å². The molecule has 1 aliphatic heterocycles. The van der Waals surface area contributed by atoms with Crippen LogP contribution < -0.4 is 5.43 Å². The van der Waals surface area contributed by atoms with Crippen molar-refractivity contribution in [3.63, 3.8) is 0 Å². The van der Waals surface area contributed by atoms with Crippen molar-refractivity contribution in [3.8, 4) is 0 Å². The molecule has 3 heteroatoms. The Morgan fingerprint density at radius 1 is 1.36 bits per heavy atom. The molecule has 2 nitrogen and oxygen atoms in total. The number of thioether (sulfide) groups is 1. The number of hydrogen-bond acceptors (Lipinski definition) is 3. The first-order chi connectivity index (χ1) is 6.73. The first-order valence-electron chi connectivity index (χ1n) is 4.83. The summed E-state index contributed by atoms with van der Waals surface area (Å²) in [6.45, 7) is 4.35. The summed E-state index contributed by atoms with van der Waals surface area (Å²) in [5.74, 6) is 0. The molecule has 14 heavy (non-hydrogen) atoms. The lowest BCUT2D eigenvalue weighted by molar-refractivity contribution is 0.519. The second-order valence-electron chi connectivity index (χ2n) is 3.58. The Bertz CT molecular complexity index is 348. The van der Waals surface area contributed by atoms with Crippen molar-refractivity contribution in [3.05, 3.63) is 35.9 Å². The van der Waals surface area contributed by atoms with Crippen LogP contribution >= 0.6 is 11.8 Å². The van der Waals surface area contributed by atoms with Gasteiger partial charge in [0.1, 0.15) is 9.91 Å². The van der Waals surface area contributed by atoms with Crippen molar-refractivity contribution >= 4 is 16.8 Å². The molecule has 0 amide bonds. The van der Waals surface area contributed by atoms with E-state index in [1.165, 1.54) is 5.56 Å². The molecule has 0 bridgehead atoms. The minimum Gasteiger partial charge on any atom is -0.293 e. The van der Waals surface area contributed by atoms with Crippen LogP contribution in [0.5, 0.6) is 0 Å². The van der Waals surface area contributed by atoms with Gasteiger partial charge in [-0.05, 0) is 13.3 Å². The number of benzene rings is 1. The maximum atomic E-state index is 4.36. The Balaban J connectivity index is 2.17. The zero-order valence-corrected chi connectivity index (χ0v) is 9.27.